The molecule has 1 nitrogen and oxygen atoms in total. The minimum Gasteiger partial charge on any atom is -0.375 e. The van der Waals surface area contributed by atoms with E-state index < -0.39 is 0 Å². The molecule has 1 aliphatic rings. The van der Waals surface area contributed by atoms with Gasteiger partial charge in [-0.05, 0) is 25.7 Å². The summed E-state index contributed by atoms with van der Waals surface area (Å²) >= 11 is 0. The van der Waals surface area contributed by atoms with Crippen molar-refractivity contribution in [3.8, 4) is 0 Å². The van der Waals surface area contributed by atoms with E-state index >= 15 is 0 Å². The van der Waals surface area contributed by atoms with Crippen LogP contribution in [-0.2, 0) is 4.74 Å². The van der Waals surface area contributed by atoms with Crippen LogP contribution in [0.4, 0.5) is 0 Å². The van der Waals surface area contributed by atoms with Crippen LogP contribution in [0.5, 0.6) is 0 Å². The lowest BCUT2D eigenvalue weighted by Gasteiger charge is -2.11. The molecule has 1 rings (SSSR count). The van der Waals surface area contributed by atoms with Crippen molar-refractivity contribution in [1.29, 1.82) is 0 Å². The summed E-state index contributed by atoms with van der Waals surface area (Å²) in [7, 11) is 0. The standard InChI is InChI=1S/C11H22O/c1-3-5-6-7-11-9-8-10(4-2)12-11/h10-11H,3-9H2,1-2H3/t10-,11-/m0/s1. The highest BCUT2D eigenvalue weighted by molar-refractivity contribution is 4.72. The second-order valence-electron chi connectivity index (χ2n) is 3.86. The van der Waals surface area contributed by atoms with E-state index in [1.54, 1.807) is 0 Å². The summed E-state index contributed by atoms with van der Waals surface area (Å²) in [5, 5.41) is 0. The first-order valence-electron chi connectivity index (χ1n) is 5.52. The summed E-state index contributed by atoms with van der Waals surface area (Å²) in [5.41, 5.74) is 0. The van der Waals surface area contributed by atoms with E-state index in [1.807, 2.05) is 0 Å². The Bertz CT molecular complexity index is 112. The van der Waals surface area contributed by atoms with Gasteiger partial charge in [-0.1, -0.05) is 33.1 Å². The summed E-state index contributed by atoms with van der Waals surface area (Å²) in [5.74, 6) is 0. The summed E-state index contributed by atoms with van der Waals surface area (Å²) in [6.07, 6.45) is 10.3. The predicted octanol–water partition coefficient (Wildman–Crippen LogP) is 3.52. The predicted molar refractivity (Wildman–Crippen MR) is 52.3 cm³/mol. The van der Waals surface area contributed by atoms with Gasteiger partial charge >= 0.3 is 0 Å². The Labute approximate surface area is 76.5 Å². The molecular weight excluding hydrogens is 148 g/mol. The minimum atomic E-state index is 0.580. The maximum absolute atomic E-state index is 5.86. The van der Waals surface area contributed by atoms with Crippen LogP contribution in [0.15, 0.2) is 0 Å². The molecule has 0 amide bonds. The molecule has 1 fully saturated rings. The maximum atomic E-state index is 5.86. The van der Waals surface area contributed by atoms with Crippen molar-refractivity contribution in [2.75, 3.05) is 0 Å². The van der Waals surface area contributed by atoms with Gasteiger partial charge in [-0.2, -0.15) is 0 Å². The first kappa shape index (κ1) is 10.0. The molecule has 0 aliphatic carbocycles. The Hall–Kier alpha value is -0.0400. The number of rotatable bonds is 5. The largest absolute Gasteiger partial charge is 0.375 e. The molecule has 0 unspecified atom stereocenters. The van der Waals surface area contributed by atoms with Crippen molar-refractivity contribution < 1.29 is 4.74 Å². The van der Waals surface area contributed by atoms with Crippen LogP contribution >= 0.6 is 0 Å². The fraction of sp³-hybridized carbons (Fsp3) is 1.00. The van der Waals surface area contributed by atoms with E-state index in [1.165, 1.54) is 44.9 Å². The van der Waals surface area contributed by atoms with Crippen LogP contribution in [0.3, 0.4) is 0 Å². The van der Waals surface area contributed by atoms with Crippen LogP contribution in [0.1, 0.15) is 58.8 Å². The second-order valence-corrected chi connectivity index (χ2v) is 3.86. The Morgan fingerprint density at radius 1 is 1.08 bits per heavy atom. The van der Waals surface area contributed by atoms with Gasteiger partial charge in [0.2, 0.25) is 0 Å². The molecular formula is C11H22O. The molecule has 0 spiro atoms. The lowest BCUT2D eigenvalue weighted by atomic mass is 10.1. The van der Waals surface area contributed by atoms with E-state index in [0.717, 1.165) is 0 Å². The Morgan fingerprint density at radius 2 is 1.83 bits per heavy atom. The Balaban J connectivity index is 2.03. The average molecular weight is 170 g/mol. The third kappa shape index (κ3) is 3.14. The lowest BCUT2D eigenvalue weighted by molar-refractivity contribution is 0.0375. The molecule has 0 N–H and O–H groups in total. The third-order valence-electron chi connectivity index (χ3n) is 2.78. The zero-order chi connectivity index (χ0) is 8.81. The SMILES string of the molecule is CCCCC[C@H]1CC[C@H](CC)O1. The van der Waals surface area contributed by atoms with Crippen LogP contribution in [0, 0.1) is 0 Å². The molecule has 12 heavy (non-hydrogen) atoms. The summed E-state index contributed by atoms with van der Waals surface area (Å²) in [6, 6.07) is 0. The van der Waals surface area contributed by atoms with E-state index in [9.17, 15) is 0 Å². The molecule has 1 aliphatic heterocycles. The van der Waals surface area contributed by atoms with E-state index in [-0.39, 0.29) is 0 Å². The summed E-state index contributed by atoms with van der Waals surface area (Å²) < 4.78 is 5.86. The van der Waals surface area contributed by atoms with Crippen molar-refractivity contribution in [3.05, 3.63) is 0 Å². The number of unbranched alkanes of at least 4 members (excludes halogenated alkanes) is 2. The zero-order valence-electron chi connectivity index (χ0n) is 8.51. The van der Waals surface area contributed by atoms with Crippen molar-refractivity contribution in [2.45, 2.75) is 71.0 Å². The summed E-state index contributed by atoms with van der Waals surface area (Å²) in [4.78, 5) is 0. The fourth-order valence-corrected chi connectivity index (χ4v) is 1.91. The van der Waals surface area contributed by atoms with E-state index in [0.29, 0.717) is 12.2 Å². The van der Waals surface area contributed by atoms with Crippen molar-refractivity contribution >= 4 is 0 Å². The normalized spacial score (nSPS) is 29.5. The van der Waals surface area contributed by atoms with Gasteiger partial charge in [0.1, 0.15) is 0 Å². The van der Waals surface area contributed by atoms with E-state index in [4.69, 9.17) is 4.74 Å². The second kappa shape index (κ2) is 5.58. The fourth-order valence-electron chi connectivity index (χ4n) is 1.91. The highest BCUT2D eigenvalue weighted by Gasteiger charge is 2.22. The van der Waals surface area contributed by atoms with Crippen molar-refractivity contribution in [3.63, 3.8) is 0 Å². The van der Waals surface area contributed by atoms with Gasteiger partial charge in [0.15, 0.2) is 0 Å². The topological polar surface area (TPSA) is 9.23 Å². The maximum Gasteiger partial charge on any atom is 0.0579 e. The number of hydrogen-bond donors (Lipinski definition) is 0. The first-order chi connectivity index (χ1) is 5.86. The first-order valence-corrected chi connectivity index (χ1v) is 5.52. The molecule has 2 atom stereocenters. The van der Waals surface area contributed by atoms with Gasteiger partial charge in [-0.15, -0.1) is 0 Å². The van der Waals surface area contributed by atoms with Crippen LogP contribution < -0.4 is 0 Å². The molecule has 0 saturated carbocycles. The van der Waals surface area contributed by atoms with Crippen LogP contribution in [0.25, 0.3) is 0 Å². The molecule has 1 saturated heterocycles. The Kier molecular flexibility index (Phi) is 4.67. The molecule has 0 aromatic heterocycles. The van der Waals surface area contributed by atoms with Gasteiger partial charge < -0.3 is 4.74 Å². The quantitative estimate of drug-likeness (QED) is 0.574. The molecule has 0 aromatic carbocycles. The molecule has 0 aromatic rings. The molecule has 1 heterocycles. The van der Waals surface area contributed by atoms with Gasteiger partial charge in [0.05, 0.1) is 12.2 Å². The molecule has 1 heteroatoms. The molecule has 0 radical (unpaired) electrons. The zero-order valence-corrected chi connectivity index (χ0v) is 8.51. The third-order valence-corrected chi connectivity index (χ3v) is 2.78. The van der Waals surface area contributed by atoms with E-state index in [2.05, 4.69) is 13.8 Å². The summed E-state index contributed by atoms with van der Waals surface area (Å²) in [6.45, 7) is 4.48. The van der Waals surface area contributed by atoms with Gasteiger partial charge in [0, 0.05) is 0 Å². The van der Waals surface area contributed by atoms with Crippen LogP contribution in [-0.4, -0.2) is 12.2 Å². The van der Waals surface area contributed by atoms with Gasteiger partial charge in [-0.25, -0.2) is 0 Å². The van der Waals surface area contributed by atoms with Crippen molar-refractivity contribution in [2.24, 2.45) is 0 Å². The monoisotopic (exact) mass is 170 g/mol. The van der Waals surface area contributed by atoms with Gasteiger partial charge in [0.25, 0.3) is 0 Å². The van der Waals surface area contributed by atoms with Crippen molar-refractivity contribution in [1.82, 2.24) is 0 Å². The smallest absolute Gasteiger partial charge is 0.0579 e. The highest BCUT2D eigenvalue weighted by atomic mass is 16.5. The van der Waals surface area contributed by atoms with Gasteiger partial charge in [-0.3, -0.25) is 0 Å². The highest BCUT2D eigenvalue weighted by Crippen LogP contribution is 2.25. The average Bonchev–Trinajstić information content (AvgIpc) is 2.53. The lowest BCUT2D eigenvalue weighted by Crippen LogP contribution is -2.09. The van der Waals surface area contributed by atoms with Crippen LogP contribution in [0.2, 0.25) is 0 Å². The number of hydrogen-bond acceptors (Lipinski definition) is 1. The molecule has 0 bridgehead atoms. The Morgan fingerprint density at radius 3 is 2.42 bits per heavy atom. The number of ether oxygens (including phenoxy) is 1. The minimum absolute atomic E-state index is 0.580. The molecule has 72 valence electrons.